The fourth-order valence-corrected chi connectivity index (χ4v) is 4.25. The predicted octanol–water partition coefficient (Wildman–Crippen LogP) is 2.58. The predicted molar refractivity (Wildman–Crippen MR) is 136 cm³/mol. The van der Waals surface area contributed by atoms with Crippen LogP contribution < -0.4 is 25.0 Å². The van der Waals surface area contributed by atoms with E-state index >= 15 is 0 Å². The van der Waals surface area contributed by atoms with Gasteiger partial charge in [0, 0.05) is 62.5 Å². The van der Waals surface area contributed by atoms with Crippen molar-refractivity contribution in [1.29, 1.82) is 0 Å². The number of methoxy groups -OCH3 is 2. The number of ether oxygens (including phenoxy) is 2. The van der Waals surface area contributed by atoms with E-state index in [1.54, 1.807) is 14.2 Å². The first-order chi connectivity index (χ1) is 15.2. The Bertz CT molecular complexity index is 887. The van der Waals surface area contributed by atoms with Gasteiger partial charge >= 0.3 is 0 Å². The molecule has 2 aliphatic rings. The highest BCUT2D eigenvalue weighted by molar-refractivity contribution is 14.0. The Morgan fingerprint density at radius 3 is 2.47 bits per heavy atom. The number of piperidine rings is 1. The summed E-state index contributed by atoms with van der Waals surface area (Å²) in [5.74, 6) is 4.52. The molecule has 0 spiro atoms. The minimum atomic E-state index is 0. The number of hydrogen-bond donors (Lipinski definition) is 2. The van der Waals surface area contributed by atoms with Crippen LogP contribution in [0.15, 0.2) is 23.2 Å². The number of aliphatic imine (C=N–C) groups is 1. The summed E-state index contributed by atoms with van der Waals surface area (Å²) in [5.41, 5.74) is 1.14. The summed E-state index contributed by atoms with van der Waals surface area (Å²) in [6.07, 6.45) is 4.24. The van der Waals surface area contributed by atoms with Gasteiger partial charge in [-0.2, -0.15) is 0 Å². The van der Waals surface area contributed by atoms with Crippen molar-refractivity contribution < 1.29 is 9.47 Å². The summed E-state index contributed by atoms with van der Waals surface area (Å²) >= 11 is 0. The second-order valence-corrected chi connectivity index (χ2v) is 7.96. The van der Waals surface area contributed by atoms with Crippen molar-refractivity contribution >= 4 is 35.6 Å². The van der Waals surface area contributed by atoms with E-state index in [9.17, 15) is 0 Å². The molecule has 4 rings (SSSR count). The molecule has 3 heterocycles. The molecular weight excluding hydrogens is 521 g/mol. The second-order valence-electron chi connectivity index (χ2n) is 7.96. The molecule has 2 N–H and O–H groups in total. The number of fused-ring (bicyclic) bond motifs is 1. The Morgan fingerprint density at radius 2 is 1.81 bits per heavy atom. The molecule has 1 aromatic carbocycles. The maximum absolute atomic E-state index is 5.42. The maximum atomic E-state index is 5.42. The van der Waals surface area contributed by atoms with E-state index in [4.69, 9.17) is 14.5 Å². The van der Waals surface area contributed by atoms with Gasteiger partial charge in [0.1, 0.15) is 23.9 Å². The third-order valence-electron chi connectivity index (χ3n) is 5.95. The minimum Gasteiger partial charge on any atom is -0.497 e. The van der Waals surface area contributed by atoms with Crippen LogP contribution in [0.5, 0.6) is 11.5 Å². The molecule has 10 heteroatoms. The number of aryl methyl sites for hydroxylation is 1. The summed E-state index contributed by atoms with van der Waals surface area (Å²) in [7, 11) is 3.37. The number of guanidine groups is 1. The van der Waals surface area contributed by atoms with Gasteiger partial charge in [-0.3, -0.25) is 0 Å². The van der Waals surface area contributed by atoms with Gasteiger partial charge in [-0.05, 0) is 26.2 Å². The lowest BCUT2D eigenvalue weighted by molar-refractivity contribution is 0.393. The van der Waals surface area contributed by atoms with E-state index in [1.807, 2.05) is 6.07 Å². The molecule has 0 saturated carbocycles. The number of nitrogens with one attached hydrogen (secondary N) is 2. The van der Waals surface area contributed by atoms with Crippen LogP contribution in [0.25, 0.3) is 0 Å². The zero-order valence-electron chi connectivity index (χ0n) is 19.1. The van der Waals surface area contributed by atoms with Crippen LogP contribution in [0.1, 0.15) is 37.8 Å². The standard InChI is InChI=1S/C22H33N7O2.HI/c1-4-23-22(24-15-21-27-26-20-6-5-9-29(20)21)25-16-7-10-28(11-8-16)17-12-18(30-2)14-19(13-17)31-3;/h12-14,16H,4-11,15H2,1-3H3,(H2,23,24,25);1H. The van der Waals surface area contributed by atoms with Crippen LogP contribution in [-0.2, 0) is 19.5 Å². The van der Waals surface area contributed by atoms with Crippen molar-refractivity contribution in [2.75, 3.05) is 38.8 Å². The quantitative estimate of drug-likeness (QED) is 0.309. The molecule has 0 aliphatic carbocycles. The van der Waals surface area contributed by atoms with Crippen molar-refractivity contribution in [3.8, 4) is 11.5 Å². The molecule has 1 aromatic heterocycles. The molecule has 2 aliphatic heterocycles. The average Bonchev–Trinajstić information content (AvgIpc) is 3.42. The molecule has 9 nitrogen and oxygen atoms in total. The zero-order valence-corrected chi connectivity index (χ0v) is 21.5. The number of rotatable bonds is 7. The third kappa shape index (κ3) is 5.76. The smallest absolute Gasteiger partial charge is 0.191 e. The maximum Gasteiger partial charge on any atom is 0.191 e. The van der Waals surface area contributed by atoms with Crippen LogP contribution >= 0.6 is 24.0 Å². The number of anilines is 1. The van der Waals surface area contributed by atoms with E-state index in [2.05, 4.69) is 49.4 Å². The summed E-state index contributed by atoms with van der Waals surface area (Å²) in [4.78, 5) is 7.16. The fraction of sp³-hybridized carbons (Fsp3) is 0.591. The first-order valence-electron chi connectivity index (χ1n) is 11.1. The molecule has 176 valence electrons. The second kappa shape index (κ2) is 11.6. The topological polar surface area (TPSA) is 88.8 Å². The van der Waals surface area contributed by atoms with Gasteiger partial charge in [-0.1, -0.05) is 0 Å². The third-order valence-corrected chi connectivity index (χ3v) is 5.95. The minimum absolute atomic E-state index is 0. The molecule has 0 bridgehead atoms. The van der Waals surface area contributed by atoms with Gasteiger partial charge < -0.3 is 29.6 Å². The van der Waals surface area contributed by atoms with Crippen LogP contribution in [0.2, 0.25) is 0 Å². The molecule has 0 unspecified atom stereocenters. The molecule has 32 heavy (non-hydrogen) atoms. The Hall–Kier alpha value is -2.24. The van der Waals surface area contributed by atoms with E-state index in [0.717, 1.165) is 86.7 Å². The SMILES string of the molecule is CCNC(=NCc1nnc2n1CCC2)NC1CCN(c2cc(OC)cc(OC)c2)CC1.I. The van der Waals surface area contributed by atoms with Gasteiger partial charge in [-0.25, -0.2) is 4.99 Å². The fourth-order valence-electron chi connectivity index (χ4n) is 4.25. The van der Waals surface area contributed by atoms with E-state index in [0.29, 0.717) is 12.6 Å². The van der Waals surface area contributed by atoms with Crippen LogP contribution in [0.3, 0.4) is 0 Å². The molecule has 2 aromatic rings. The highest BCUT2D eigenvalue weighted by atomic mass is 127. The van der Waals surface area contributed by atoms with Crippen molar-refractivity contribution in [1.82, 2.24) is 25.4 Å². The number of benzene rings is 1. The highest BCUT2D eigenvalue weighted by Crippen LogP contribution is 2.30. The summed E-state index contributed by atoms with van der Waals surface area (Å²) < 4.78 is 13.0. The van der Waals surface area contributed by atoms with Crippen LogP contribution in [0, 0.1) is 0 Å². The monoisotopic (exact) mass is 555 g/mol. The normalized spacial score (nSPS) is 16.3. The number of hydrogen-bond acceptors (Lipinski definition) is 6. The van der Waals surface area contributed by atoms with E-state index < -0.39 is 0 Å². The first kappa shape index (κ1) is 24.4. The van der Waals surface area contributed by atoms with Gasteiger partial charge in [0.15, 0.2) is 11.8 Å². The largest absolute Gasteiger partial charge is 0.497 e. The summed E-state index contributed by atoms with van der Waals surface area (Å²) in [5, 5.41) is 15.6. The lowest BCUT2D eigenvalue weighted by atomic mass is 10.0. The Kier molecular flexibility index (Phi) is 8.83. The molecular formula is C22H34IN7O2. The Labute approximate surface area is 207 Å². The summed E-state index contributed by atoms with van der Waals surface area (Å²) in [6, 6.07) is 6.42. The highest BCUT2D eigenvalue weighted by Gasteiger charge is 2.22. The lowest BCUT2D eigenvalue weighted by Crippen LogP contribution is -2.48. The summed E-state index contributed by atoms with van der Waals surface area (Å²) in [6.45, 7) is 6.39. The number of halogens is 1. The van der Waals surface area contributed by atoms with E-state index in [-0.39, 0.29) is 24.0 Å². The molecule has 0 atom stereocenters. The van der Waals surface area contributed by atoms with Crippen LogP contribution in [-0.4, -0.2) is 60.6 Å². The molecule has 0 radical (unpaired) electrons. The number of aromatic nitrogens is 3. The van der Waals surface area contributed by atoms with Crippen molar-refractivity contribution in [3.63, 3.8) is 0 Å². The molecule has 1 fully saturated rings. The molecule has 1 saturated heterocycles. The lowest BCUT2D eigenvalue weighted by Gasteiger charge is -2.34. The zero-order chi connectivity index (χ0) is 21.6. The Morgan fingerprint density at radius 1 is 1.09 bits per heavy atom. The van der Waals surface area contributed by atoms with Gasteiger partial charge in [-0.15, -0.1) is 34.2 Å². The van der Waals surface area contributed by atoms with Crippen molar-refractivity contribution in [3.05, 3.63) is 29.8 Å². The number of nitrogens with zero attached hydrogens (tertiary/aromatic N) is 5. The molecule has 0 amide bonds. The Balaban J connectivity index is 0.00000289. The van der Waals surface area contributed by atoms with Gasteiger partial charge in [0.25, 0.3) is 0 Å². The van der Waals surface area contributed by atoms with Crippen molar-refractivity contribution in [2.24, 2.45) is 4.99 Å². The average molecular weight is 555 g/mol. The van der Waals surface area contributed by atoms with E-state index in [1.165, 1.54) is 0 Å². The first-order valence-corrected chi connectivity index (χ1v) is 11.1. The van der Waals surface area contributed by atoms with Gasteiger partial charge in [0.2, 0.25) is 0 Å². The van der Waals surface area contributed by atoms with Crippen LogP contribution in [0.4, 0.5) is 5.69 Å². The van der Waals surface area contributed by atoms with Crippen molar-refractivity contribution in [2.45, 2.75) is 51.7 Å². The van der Waals surface area contributed by atoms with Gasteiger partial charge in [0.05, 0.1) is 14.2 Å².